The van der Waals surface area contributed by atoms with Gasteiger partial charge in [-0.25, -0.2) is 9.78 Å². The Morgan fingerprint density at radius 2 is 2.12 bits per heavy atom. The van der Waals surface area contributed by atoms with Gasteiger partial charge in [-0.1, -0.05) is 6.07 Å². The molecule has 3 rings (SSSR count). The molecule has 2 heterocycles. The van der Waals surface area contributed by atoms with E-state index in [1.54, 1.807) is 16.0 Å². The molecule has 130 valence electrons. The summed E-state index contributed by atoms with van der Waals surface area (Å²) in [5.41, 5.74) is 0.376. The van der Waals surface area contributed by atoms with Crippen molar-refractivity contribution in [2.24, 2.45) is 0 Å². The van der Waals surface area contributed by atoms with Crippen LogP contribution in [0.15, 0.2) is 18.3 Å². The summed E-state index contributed by atoms with van der Waals surface area (Å²) in [4.78, 5) is 32.0. The Kier molecular flexibility index (Phi) is 4.47. The van der Waals surface area contributed by atoms with E-state index in [0.717, 1.165) is 44.2 Å². The molecule has 24 heavy (non-hydrogen) atoms. The van der Waals surface area contributed by atoms with Crippen molar-refractivity contribution in [1.82, 2.24) is 9.88 Å². The average molecular weight is 331 g/mol. The van der Waals surface area contributed by atoms with E-state index in [1.807, 2.05) is 32.9 Å². The molecule has 6 nitrogen and oxygen atoms in total. The first kappa shape index (κ1) is 16.7. The Morgan fingerprint density at radius 1 is 1.38 bits per heavy atom. The predicted molar refractivity (Wildman–Crippen MR) is 90.7 cm³/mol. The minimum absolute atomic E-state index is 0.0186. The number of hydrogen-bond acceptors (Lipinski definition) is 4. The van der Waals surface area contributed by atoms with Crippen molar-refractivity contribution in [2.45, 2.75) is 64.1 Å². The number of ether oxygens (including phenoxy) is 1. The molecule has 2 aliphatic rings. The van der Waals surface area contributed by atoms with Gasteiger partial charge in [0.25, 0.3) is 0 Å². The minimum atomic E-state index is -0.554. The maximum atomic E-state index is 12.7. The quantitative estimate of drug-likeness (QED) is 0.794. The summed E-state index contributed by atoms with van der Waals surface area (Å²) in [6, 6.07) is 3.95. The fraction of sp³-hybridized carbons (Fsp3) is 0.611. The molecule has 1 saturated heterocycles. The highest BCUT2D eigenvalue weighted by Gasteiger charge is 2.40. The molecule has 1 aromatic rings. The molecule has 0 bridgehead atoms. The fourth-order valence-electron chi connectivity index (χ4n) is 3.17. The second-order valence-electron chi connectivity index (χ2n) is 7.50. The zero-order valence-corrected chi connectivity index (χ0v) is 14.6. The highest BCUT2D eigenvalue weighted by molar-refractivity contribution is 5.89. The molecule has 2 fully saturated rings. The van der Waals surface area contributed by atoms with Crippen molar-refractivity contribution < 1.29 is 14.3 Å². The van der Waals surface area contributed by atoms with Crippen LogP contribution in [0, 0.1) is 0 Å². The SMILES string of the molecule is CC(C)(C)OC(=O)N(c1ncccc1C1CCCN1C=O)C1CC1. The molecular weight excluding hydrogens is 306 g/mol. The molecule has 1 saturated carbocycles. The Bertz CT molecular complexity index is 622. The lowest BCUT2D eigenvalue weighted by Crippen LogP contribution is -2.40. The van der Waals surface area contributed by atoms with Crippen LogP contribution in [0.5, 0.6) is 0 Å². The van der Waals surface area contributed by atoms with Gasteiger partial charge < -0.3 is 9.64 Å². The third kappa shape index (κ3) is 3.52. The molecule has 0 aromatic carbocycles. The Labute approximate surface area is 142 Å². The van der Waals surface area contributed by atoms with E-state index in [2.05, 4.69) is 4.98 Å². The van der Waals surface area contributed by atoms with Crippen LogP contribution in [0.25, 0.3) is 0 Å². The van der Waals surface area contributed by atoms with Gasteiger partial charge in [0.2, 0.25) is 6.41 Å². The zero-order valence-electron chi connectivity index (χ0n) is 14.6. The van der Waals surface area contributed by atoms with Gasteiger partial charge in [-0.15, -0.1) is 0 Å². The Balaban J connectivity index is 1.94. The lowest BCUT2D eigenvalue weighted by molar-refractivity contribution is -0.118. The summed E-state index contributed by atoms with van der Waals surface area (Å²) in [6.45, 7) is 6.33. The van der Waals surface area contributed by atoms with Gasteiger partial charge in [0.05, 0.1) is 6.04 Å². The van der Waals surface area contributed by atoms with E-state index < -0.39 is 5.60 Å². The largest absolute Gasteiger partial charge is 0.443 e. The third-order valence-electron chi connectivity index (χ3n) is 4.34. The van der Waals surface area contributed by atoms with Gasteiger partial charge in [-0.3, -0.25) is 9.69 Å². The second kappa shape index (κ2) is 6.42. The lowest BCUT2D eigenvalue weighted by atomic mass is 10.1. The van der Waals surface area contributed by atoms with Crippen LogP contribution < -0.4 is 4.90 Å². The fourth-order valence-corrected chi connectivity index (χ4v) is 3.17. The summed E-state index contributed by atoms with van der Waals surface area (Å²) in [5.74, 6) is 0.632. The predicted octanol–water partition coefficient (Wildman–Crippen LogP) is 3.28. The van der Waals surface area contributed by atoms with Gasteiger partial charge in [0.15, 0.2) is 0 Å². The number of nitrogens with zero attached hydrogens (tertiary/aromatic N) is 3. The van der Waals surface area contributed by atoms with E-state index in [0.29, 0.717) is 5.82 Å². The van der Waals surface area contributed by atoms with Crippen molar-refractivity contribution in [3.05, 3.63) is 23.9 Å². The molecule has 2 amide bonds. The Hall–Kier alpha value is -2.11. The number of pyridine rings is 1. The van der Waals surface area contributed by atoms with Crippen LogP contribution in [0.1, 0.15) is 58.1 Å². The molecule has 0 radical (unpaired) electrons. The summed E-state index contributed by atoms with van der Waals surface area (Å²) in [5, 5.41) is 0. The first-order valence-electron chi connectivity index (χ1n) is 8.59. The normalized spacial score (nSPS) is 20.8. The summed E-state index contributed by atoms with van der Waals surface area (Å²) < 4.78 is 5.59. The number of hydrogen-bond donors (Lipinski definition) is 0. The average Bonchev–Trinajstić information content (AvgIpc) is 3.22. The molecule has 1 aliphatic carbocycles. The minimum Gasteiger partial charge on any atom is -0.443 e. The molecule has 1 aliphatic heterocycles. The summed E-state index contributed by atoms with van der Waals surface area (Å²) in [7, 11) is 0. The van der Waals surface area contributed by atoms with E-state index in [9.17, 15) is 9.59 Å². The second-order valence-corrected chi connectivity index (χ2v) is 7.50. The molecule has 1 unspecified atom stereocenters. The summed E-state index contributed by atoms with van der Waals surface area (Å²) >= 11 is 0. The van der Waals surface area contributed by atoms with Gasteiger partial charge in [-0.05, 0) is 52.5 Å². The number of rotatable bonds is 4. The maximum Gasteiger partial charge on any atom is 0.416 e. The van der Waals surface area contributed by atoms with E-state index in [1.165, 1.54) is 0 Å². The van der Waals surface area contributed by atoms with E-state index >= 15 is 0 Å². The molecule has 0 spiro atoms. The number of anilines is 1. The van der Waals surface area contributed by atoms with Crippen LogP contribution in [0.4, 0.5) is 10.6 Å². The molecule has 0 N–H and O–H groups in total. The molecule has 1 aromatic heterocycles. The van der Waals surface area contributed by atoms with Crippen LogP contribution in [0.3, 0.4) is 0 Å². The lowest BCUT2D eigenvalue weighted by Gasteiger charge is -2.30. The van der Waals surface area contributed by atoms with Crippen molar-refractivity contribution >= 4 is 18.3 Å². The van der Waals surface area contributed by atoms with Crippen molar-refractivity contribution in [2.75, 3.05) is 11.4 Å². The highest BCUT2D eigenvalue weighted by atomic mass is 16.6. The first-order valence-corrected chi connectivity index (χ1v) is 8.59. The molecular formula is C18H25N3O3. The van der Waals surface area contributed by atoms with Crippen LogP contribution >= 0.6 is 0 Å². The van der Waals surface area contributed by atoms with Crippen molar-refractivity contribution in [1.29, 1.82) is 0 Å². The zero-order chi connectivity index (χ0) is 17.3. The van der Waals surface area contributed by atoms with Crippen LogP contribution in [-0.2, 0) is 9.53 Å². The number of carbonyl (C=O) groups is 2. The number of aromatic nitrogens is 1. The van der Waals surface area contributed by atoms with Gasteiger partial charge in [0, 0.05) is 24.3 Å². The maximum absolute atomic E-state index is 12.7. The highest BCUT2D eigenvalue weighted by Crippen LogP contribution is 2.39. The Morgan fingerprint density at radius 3 is 2.75 bits per heavy atom. The standard InChI is InChI=1S/C18H25N3O3/c1-18(2,3)24-17(23)21(13-8-9-13)16-14(6-4-10-19-16)15-7-5-11-20(15)12-22/h4,6,10,12-13,15H,5,7-9,11H2,1-3H3. The van der Waals surface area contributed by atoms with Crippen LogP contribution in [-0.4, -0.2) is 40.6 Å². The summed E-state index contributed by atoms with van der Waals surface area (Å²) in [6.07, 6.45) is 6.00. The third-order valence-corrected chi connectivity index (χ3v) is 4.34. The monoisotopic (exact) mass is 331 g/mol. The van der Waals surface area contributed by atoms with E-state index in [4.69, 9.17) is 4.74 Å². The first-order chi connectivity index (χ1) is 11.4. The van der Waals surface area contributed by atoms with Gasteiger partial charge in [-0.2, -0.15) is 0 Å². The van der Waals surface area contributed by atoms with E-state index in [-0.39, 0.29) is 18.2 Å². The van der Waals surface area contributed by atoms with Gasteiger partial charge >= 0.3 is 6.09 Å². The van der Waals surface area contributed by atoms with Gasteiger partial charge in [0.1, 0.15) is 11.4 Å². The van der Waals surface area contributed by atoms with Crippen molar-refractivity contribution in [3.63, 3.8) is 0 Å². The number of likely N-dealkylation sites (tertiary alicyclic amines) is 1. The molecule has 1 atom stereocenters. The van der Waals surface area contributed by atoms with Crippen molar-refractivity contribution in [3.8, 4) is 0 Å². The molecule has 6 heteroatoms. The topological polar surface area (TPSA) is 62.7 Å². The van der Waals surface area contributed by atoms with Crippen LogP contribution in [0.2, 0.25) is 0 Å². The smallest absolute Gasteiger partial charge is 0.416 e. The number of carbonyl (C=O) groups excluding carboxylic acids is 2. The number of amides is 2.